The maximum Gasteiger partial charge on any atom is 0.256 e. The molecule has 1 saturated heterocycles. The minimum Gasteiger partial charge on any atom is -0.379 e. The van der Waals surface area contributed by atoms with Gasteiger partial charge in [-0.15, -0.1) is 5.10 Å². The number of ether oxygens (including phenoxy) is 2. The minimum atomic E-state index is -4.12. The zero-order valence-electron chi connectivity index (χ0n) is 40.5. The van der Waals surface area contributed by atoms with Crippen molar-refractivity contribution in [1.82, 2.24) is 44.6 Å². The number of hydrogen-bond donors (Lipinski definition) is 3. The summed E-state index contributed by atoms with van der Waals surface area (Å²) in [7, 11) is 8.18. The van der Waals surface area contributed by atoms with Gasteiger partial charge in [-0.2, -0.15) is 0 Å². The average Bonchev–Trinajstić information content (AvgIpc) is 3.93. The normalized spacial score (nSPS) is 17.3. The van der Waals surface area contributed by atoms with E-state index in [2.05, 4.69) is 25.2 Å². The Kier molecular flexibility index (Phi) is 21.7. The van der Waals surface area contributed by atoms with Gasteiger partial charge in [0.25, 0.3) is 5.91 Å². The summed E-state index contributed by atoms with van der Waals surface area (Å²) in [6.45, 7) is 10.3. The quantitative estimate of drug-likeness (QED) is 0.0730. The minimum absolute atomic E-state index is 0.0146. The standard InChI is InChI=1S/C44H75N11O9S/c1-13-30(4)39(53(10)43(59)38(29(2)3)47-44(51(6)7)52(8)9)36(62-11)26-37(56)55-23-17-21-35(55)40(63-12)31(5)41(57)46-34(25-32-19-15-14-16-20-32)42(58)49-65(60,61)24-18-22-54-27-33(28-64-45)48-50-54/h14-16,19-20,27,29-31,34-36,38-40H,13,17-18,21-26,28,45H2,1-12H3,(H,46,57)(H,49,58)/t30-,31+,34-,35-,36+,38-,39-,40+/m0/s1. The molecule has 1 aromatic carbocycles. The molecule has 0 aliphatic carbocycles. The van der Waals surface area contributed by atoms with Gasteiger partial charge in [-0.1, -0.05) is 76.6 Å². The molecule has 0 bridgehead atoms. The van der Waals surface area contributed by atoms with Crippen molar-refractivity contribution in [2.75, 3.05) is 61.8 Å². The smallest absolute Gasteiger partial charge is 0.256 e. The Morgan fingerprint density at radius 2 is 1.65 bits per heavy atom. The van der Waals surface area contributed by atoms with Crippen molar-refractivity contribution in [2.24, 2.45) is 28.6 Å². The lowest BCUT2D eigenvalue weighted by Gasteiger charge is -2.40. The lowest BCUT2D eigenvalue weighted by atomic mass is 9.89. The molecule has 0 saturated carbocycles. The maximum absolute atomic E-state index is 14.4. The van der Waals surface area contributed by atoms with Gasteiger partial charge in [0, 0.05) is 69.0 Å². The first kappa shape index (κ1) is 54.6. The van der Waals surface area contributed by atoms with Crippen molar-refractivity contribution in [1.29, 1.82) is 0 Å². The number of aromatic nitrogens is 3. The van der Waals surface area contributed by atoms with E-state index in [-0.39, 0.29) is 56.1 Å². The number of methoxy groups -OCH3 is 2. The van der Waals surface area contributed by atoms with E-state index in [1.807, 2.05) is 71.8 Å². The van der Waals surface area contributed by atoms with Gasteiger partial charge in [0.05, 0.1) is 48.6 Å². The van der Waals surface area contributed by atoms with E-state index in [1.54, 1.807) is 61.3 Å². The van der Waals surface area contributed by atoms with E-state index in [9.17, 15) is 27.6 Å². The molecule has 4 amide bonds. The second-order valence-electron chi connectivity index (χ2n) is 17.7. The van der Waals surface area contributed by atoms with Crippen LogP contribution in [0.1, 0.15) is 78.0 Å². The number of aryl methyl sites for hydroxylation is 1. The van der Waals surface area contributed by atoms with Gasteiger partial charge in [-0.3, -0.25) is 33.4 Å². The predicted octanol–water partition coefficient (Wildman–Crippen LogP) is 1.66. The Morgan fingerprint density at radius 3 is 2.22 bits per heavy atom. The SMILES string of the molecule is CC[C@H](C)[C@@H]([C@@H](CC(=O)N1CCC[C@H]1[C@H](OC)[C@@H](C)C(=O)N[C@@H](Cc1ccccc1)C(=O)NS(=O)(=O)CCCn1cc(CON)nn1)OC)N(C)C(=O)[C@@H](N=C(N(C)C)N(C)C)C(C)C. The Hall–Kier alpha value is -4.70. The fourth-order valence-electron chi connectivity index (χ4n) is 8.41. The number of rotatable bonds is 25. The van der Waals surface area contributed by atoms with Crippen molar-refractivity contribution < 1.29 is 41.9 Å². The number of aliphatic imine (C=N–C) groups is 1. The molecule has 65 heavy (non-hydrogen) atoms. The highest BCUT2D eigenvalue weighted by Gasteiger charge is 2.43. The van der Waals surface area contributed by atoms with Crippen LogP contribution in [0.4, 0.5) is 0 Å². The molecule has 20 nitrogen and oxygen atoms in total. The summed E-state index contributed by atoms with van der Waals surface area (Å²) < 4.78 is 41.9. The third-order valence-electron chi connectivity index (χ3n) is 12.0. The molecule has 1 aliphatic heterocycles. The summed E-state index contributed by atoms with van der Waals surface area (Å²) in [6.07, 6.45) is 2.21. The molecular weight excluding hydrogens is 859 g/mol. The van der Waals surface area contributed by atoms with E-state index in [0.717, 1.165) is 6.42 Å². The second-order valence-corrected chi connectivity index (χ2v) is 19.5. The predicted molar refractivity (Wildman–Crippen MR) is 247 cm³/mol. The first-order chi connectivity index (χ1) is 30.7. The molecule has 1 aliphatic rings. The maximum atomic E-state index is 14.4. The van der Waals surface area contributed by atoms with Crippen LogP contribution < -0.4 is 15.9 Å². The number of carbonyl (C=O) groups excluding carboxylic acids is 4. The van der Waals surface area contributed by atoms with Gasteiger partial charge in [0.15, 0.2) is 5.96 Å². The molecule has 21 heteroatoms. The summed E-state index contributed by atoms with van der Waals surface area (Å²) in [6, 6.07) is 6.05. The molecule has 0 unspecified atom stereocenters. The van der Waals surface area contributed by atoms with Crippen molar-refractivity contribution in [3.8, 4) is 0 Å². The van der Waals surface area contributed by atoms with Gasteiger partial charge < -0.3 is 34.4 Å². The monoisotopic (exact) mass is 934 g/mol. The fourth-order valence-corrected chi connectivity index (χ4v) is 9.47. The fraction of sp³-hybridized carbons (Fsp3) is 0.705. The lowest BCUT2D eigenvalue weighted by molar-refractivity contribution is -0.146. The average molecular weight is 934 g/mol. The highest BCUT2D eigenvalue weighted by Crippen LogP contribution is 2.30. The third-order valence-corrected chi connectivity index (χ3v) is 13.3. The first-order valence-corrected chi connectivity index (χ1v) is 24.0. The first-order valence-electron chi connectivity index (χ1n) is 22.3. The van der Waals surface area contributed by atoms with E-state index in [0.29, 0.717) is 36.6 Å². The van der Waals surface area contributed by atoms with Crippen LogP contribution in [0.5, 0.6) is 0 Å². The number of sulfonamides is 1. The Bertz CT molecular complexity index is 1950. The molecule has 2 aromatic rings. The van der Waals surface area contributed by atoms with E-state index in [4.69, 9.17) is 20.4 Å². The van der Waals surface area contributed by atoms with Crippen molar-refractivity contribution >= 4 is 39.6 Å². The van der Waals surface area contributed by atoms with Crippen LogP contribution in [-0.2, 0) is 63.1 Å². The summed E-state index contributed by atoms with van der Waals surface area (Å²) in [5, 5.41) is 10.6. The molecule has 2 heterocycles. The molecule has 1 aromatic heterocycles. The molecule has 0 radical (unpaired) electrons. The molecule has 0 spiro atoms. The van der Waals surface area contributed by atoms with Crippen molar-refractivity contribution in [2.45, 2.75) is 123 Å². The molecule has 4 N–H and O–H groups in total. The van der Waals surface area contributed by atoms with Crippen LogP contribution in [0, 0.1) is 17.8 Å². The van der Waals surface area contributed by atoms with Crippen molar-refractivity contribution in [3.63, 3.8) is 0 Å². The van der Waals surface area contributed by atoms with Gasteiger partial charge >= 0.3 is 0 Å². The lowest BCUT2D eigenvalue weighted by Crippen LogP contribution is -2.56. The summed E-state index contributed by atoms with van der Waals surface area (Å²) in [5.41, 5.74) is 1.18. The van der Waals surface area contributed by atoms with Crippen LogP contribution in [0.15, 0.2) is 41.5 Å². The van der Waals surface area contributed by atoms with Gasteiger partial charge in [-0.05, 0) is 36.7 Å². The van der Waals surface area contributed by atoms with Crippen LogP contribution >= 0.6 is 0 Å². The number of benzene rings is 1. The van der Waals surface area contributed by atoms with Crippen LogP contribution in [0.25, 0.3) is 0 Å². The highest BCUT2D eigenvalue weighted by molar-refractivity contribution is 7.90. The molecular formula is C44H75N11O9S. The number of likely N-dealkylation sites (N-methyl/N-ethyl adjacent to an activating group) is 1. The molecule has 8 atom stereocenters. The number of amides is 4. The zero-order valence-corrected chi connectivity index (χ0v) is 41.3. The van der Waals surface area contributed by atoms with Crippen LogP contribution in [0.2, 0.25) is 0 Å². The highest BCUT2D eigenvalue weighted by atomic mass is 32.2. The van der Waals surface area contributed by atoms with E-state index >= 15 is 0 Å². The van der Waals surface area contributed by atoms with E-state index < -0.39 is 69.9 Å². The number of hydrogen-bond acceptors (Lipinski definition) is 13. The van der Waals surface area contributed by atoms with Crippen LogP contribution in [-0.4, -0.2) is 171 Å². The van der Waals surface area contributed by atoms with Crippen LogP contribution in [0.3, 0.4) is 0 Å². The molecule has 1 fully saturated rings. The Morgan fingerprint density at radius 1 is 0.985 bits per heavy atom. The van der Waals surface area contributed by atoms with Gasteiger partial charge in [0.2, 0.25) is 27.7 Å². The number of nitrogens with two attached hydrogens (primary N) is 1. The largest absolute Gasteiger partial charge is 0.379 e. The third kappa shape index (κ3) is 15.7. The number of nitrogens with zero attached hydrogens (tertiary/aromatic N) is 8. The Labute approximate surface area is 385 Å². The molecule has 366 valence electrons. The summed E-state index contributed by atoms with van der Waals surface area (Å²) in [4.78, 5) is 73.1. The van der Waals surface area contributed by atoms with Crippen molar-refractivity contribution in [3.05, 3.63) is 47.8 Å². The van der Waals surface area contributed by atoms with Gasteiger partial charge in [-0.25, -0.2) is 19.3 Å². The number of guanidine groups is 1. The zero-order chi connectivity index (χ0) is 48.6. The number of likely N-dealkylation sites (tertiary alicyclic amines) is 1. The topological polar surface area (TPSA) is 236 Å². The van der Waals surface area contributed by atoms with Gasteiger partial charge in [0.1, 0.15) is 24.4 Å². The molecule has 3 rings (SSSR count). The Balaban J connectivity index is 1.79. The summed E-state index contributed by atoms with van der Waals surface area (Å²) in [5.74, 6) is 2.52. The van der Waals surface area contributed by atoms with E-state index in [1.165, 1.54) is 11.8 Å². The summed E-state index contributed by atoms with van der Waals surface area (Å²) >= 11 is 0. The number of nitrogens with one attached hydrogen (secondary N) is 2. The second kappa shape index (κ2) is 25.9. The number of carbonyl (C=O) groups is 4.